The van der Waals surface area contributed by atoms with Crippen molar-refractivity contribution in [1.82, 2.24) is 9.80 Å². The highest BCUT2D eigenvalue weighted by Crippen LogP contribution is 2.36. The van der Waals surface area contributed by atoms with Gasteiger partial charge in [-0.2, -0.15) is 0 Å². The van der Waals surface area contributed by atoms with E-state index in [1.807, 2.05) is 60.4 Å². The summed E-state index contributed by atoms with van der Waals surface area (Å²) in [4.78, 5) is 29.4. The van der Waals surface area contributed by atoms with Crippen molar-refractivity contribution in [3.8, 4) is 11.5 Å². The van der Waals surface area contributed by atoms with Crippen molar-refractivity contribution in [3.05, 3.63) is 54.1 Å². The van der Waals surface area contributed by atoms with Crippen LogP contribution in [0.25, 0.3) is 0 Å². The number of anilines is 1. The number of likely N-dealkylation sites (tertiary alicyclic amines) is 1. The van der Waals surface area contributed by atoms with Crippen LogP contribution >= 0.6 is 0 Å². The molecule has 2 aromatic carbocycles. The van der Waals surface area contributed by atoms with E-state index in [1.165, 1.54) is 12.8 Å². The minimum absolute atomic E-state index is 0.0529. The SMILES string of the molecule is COc1ccc(NC(=O)N2CCC(N3C(=O)O[C@H](c4ccccc4)[C@@H]3C)CC2)cc1OC1CCCC1. The van der Waals surface area contributed by atoms with E-state index in [0.717, 1.165) is 18.4 Å². The molecule has 192 valence electrons. The molecule has 0 aromatic heterocycles. The predicted molar refractivity (Wildman–Crippen MR) is 136 cm³/mol. The third-order valence-electron chi connectivity index (χ3n) is 7.60. The van der Waals surface area contributed by atoms with Crippen LogP contribution in [0.1, 0.15) is 57.1 Å². The molecule has 3 fully saturated rings. The number of nitrogens with one attached hydrogen (secondary N) is 1. The summed E-state index contributed by atoms with van der Waals surface area (Å²) < 4.78 is 17.3. The number of carbonyl (C=O) groups is 2. The smallest absolute Gasteiger partial charge is 0.411 e. The van der Waals surface area contributed by atoms with Gasteiger partial charge in [0.2, 0.25) is 0 Å². The Morgan fingerprint density at radius 3 is 2.42 bits per heavy atom. The molecule has 8 nitrogen and oxygen atoms in total. The van der Waals surface area contributed by atoms with Gasteiger partial charge in [0.15, 0.2) is 11.5 Å². The van der Waals surface area contributed by atoms with E-state index in [4.69, 9.17) is 14.2 Å². The standard InChI is InChI=1S/C28H35N3O5/c1-19-26(20-8-4-3-5-9-20)36-28(33)31(19)22-14-16-30(17-15-22)27(32)29-21-12-13-24(34-2)25(18-21)35-23-10-6-7-11-23/h3-5,8-9,12-13,18-19,22-23,26H,6-7,10-11,14-17H2,1-2H3,(H,29,32)/t19-,26-/m0/s1. The fourth-order valence-corrected chi connectivity index (χ4v) is 5.63. The second-order valence-corrected chi connectivity index (χ2v) is 9.90. The molecule has 2 aromatic rings. The minimum atomic E-state index is -0.271. The lowest BCUT2D eigenvalue weighted by molar-refractivity contribution is 0.115. The van der Waals surface area contributed by atoms with Crippen molar-refractivity contribution < 1.29 is 23.8 Å². The van der Waals surface area contributed by atoms with Crippen molar-refractivity contribution in [3.63, 3.8) is 0 Å². The van der Waals surface area contributed by atoms with Crippen LogP contribution in [-0.4, -0.2) is 60.3 Å². The predicted octanol–water partition coefficient (Wildman–Crippen LogP) is 5.59. The van der Waals surface area contributed by atoms with Crippen molar-refractivity contribution in [2.75, 3.05) is 25.5 Å². The molecule has 1 N–H and O–H groups in total. The van der Waals surface area contributed by atoms with Gasteiger partial charge in [0.05, 0.1) is 19.3 Å². The molecule has 1 saturated carbocycles. The Labute approximate surface area is 212 Å². The van der Waals surface area contributed by atoms with Gasteiger partial charge < -0.3 is 24.4 Å². The summed E-state index contributed by atoms with van der Waals surface area (Å²) in [6.45, 7) is 3.19. The van der Waals surface area contributed by atoms with Gasteiger partial charge in [-0.25, -0.2) is 9.59 Å². The Balaban J connectivity index is 1.17. The Bertz CT molecular complexity index is 1060. The van der Waals surface area contributed by atoms with Crippen LogP contribution in [0.5, 0.6) is 11.5 Å². The summed E-state index contributed by atoms with van der Waals surface area (Å²) in [6, 6.07) is 15.2. The quantitative estimate of drug-likeness (QED) is 0.567. The Hall–Kier alpha value is -3.42. The van der Waals surface area contributed by atoms with Gasteiger partial charge in [-0.05, 0) is 63.1 Å². The fraction of sp³-hybridized carbons (Fsp3) is 0.500. The second-order valence-electron chi connectivity index (χ2n) is 9.90. The Morgan fingerprint density at radius 2 is 1.72 bits per heavy atom. The number of benzene rings is 2. The number of ether oxygens (including phenoxy) is 3. The third-order valence-corrected chi connectivity index (χ3v) is 7.60. The molecule has 0 radical (unpaired) electrons. The summed E-state index contributed by atoms with van der Waals surface area (Å²) >= 11 is 0. The lowest BCUT2D eigenvalue weighted by Gasteiger charge is -2.37. The minimum Gasteiger partial charge on any atom is -0.493 e. The number of methoxy groups -OCH3 is 1. The zero-order valence-electron chi connectivity index (χ0n) is 21.0. The molecule has 2 saturated heterocycles. The van der Waals surface area contributed by atoms with Crippen molar-refractivity contribution in [2.45, 2.75) is 69.7 Å². The second kappa shape index (κ2) is 10.7. The van der Waals surface area contributed by atoms with Crippen LogP contribution in [0.2, 0.25) is 0 Å². The summed E-state index contributed by atoms with van der Waals surface area (Å²) in [5, 5.41) is 3.00. The molecule has 2 aliphatic heterocycles. The maximum Gasteiger partial charge on any atom is 0.411 e. The average Bonchev–Trinajstić information content (AvgIpc) is 3.52. The molecule has 1 aliphatic carbocycles. The summed E-state index contributed by atoms with van der Waals surface area (Å²) in [5.74, 6) is 1.33. The summed E-state index contributed by atoms with van der Waals surface area (Å²) in [7, 11) is 1.62. The molecular weight excluding hydrogens is 458 g/mol. The first-order chi connectivity index (χ1) is 17.5. The molecule has 8 heteroatoms. The number of nitrogens with zero attached hydrogens (tertiary/aromatic N) is 2. The number of amides is 3. The van der Waals surface area contributed by atoms with Crippen molar-refractivity contribution in [1.29, 1.82) is 0 Å². The third kappa shape index (κ3) is 5.08. The van der Waals surface area contributed by atoms with E-state index < -0.39 is 0 Å². The van der Waals surface area contributed by atoms with E-state index in [9.17, 15) is 9.59 Å². The Kier molecular flexibility index (Phi) is 7.20. The number of piperidine rings is 1. The normalized spacial score (nSPS) is 23.0. The van der Waals surface area contributed by atoms with Crippen LogP contribution in [0, 0.1) is 0 Å². The zero-order chi connectivity index (χ0) is 25.1. The molecule has 2 atom stereocenters. The zero-order valence-corrected chi connectivity index (χ0v) is 21.0. The van der Waals surface area contributed by atoms with E-state index in [1.54, 1.807) is 12.0 Å². The van der Waals surface area contributed by atoms with Gasteiger partial charge in [0, 0.05) is 30.9 Å². The first-order valence-corrected chi connectivity index (χ1v) is 13.0. The lowest BCUT2D eigenvalue weighted by atomic mass is 9.98. The number of hydrogen-bond donors (Lipinski definition) is 1. The molecular formula is C28H35N3O5. The lowest BCUT2D eigenvalue weighted by Crippen LogP contribution is -2.50. The summed E-state index contributed by atoms with van der Waals surface area (Å²) in [5.41, 5.74) is 1.69. The highest BCUT2D eigenvalue weighted by molar-refractivity contribution is 5.89. The number of cyclic esters (lactones) is 1. The van der Waals surface area contributed by atoms with Gasteiger partial charge in [-0.1, -0.05) is 30.3 Å². The van der Waals surface area contributed by atoms with Crippen LogP contribution < -0.4 is 14.8 Å². The van der Waals surface area contributed by atoms with Crippen molar-refractivity contribution in [2.24, 2.45) is 0 Å². The van der Waals surface area contributed by atoms with Crippen LogP contribution in [0.15, 0.2) is 48.5 Å². The molecule has 5 rings (SSSR count). The molecule has 0 bridgehead atoms. The number of urea groups is 1. The summed E-state index contributed by atoms with van der Waals surface area (Å²) in [6.07, 6.45) is 5.54. The maximum absolute atomic E-state index is 13.0. The number of carbonyl (C=O) groups excluding carboxylic acids is 2. The van der Waals surface area contributed by atoms with E-state index in [2.05, 4.69) is 5.32 Å². The average molecular weight is 494 g/mol. The van der Waals surface area contributed by atoms with Crippen LogP contribution in [0.3, 0.4) is 0 Å². The van der Waals surface area contributed by atoms with Crippen LogP contribution in [0.4, 0.5) is 15.3 Å². The van der Waals surface area contributed by atoms with Gasteiger partial charge in [-0.15, -0.1) is 0 Å². The molecule has 3 amide bonds. The Morgan fingerprint density at radius 1 is 1.00 bits per heavy atom. The van der Waals surface area contributed by atoms with E-state index in [0.29, 0.717) is 43.1 Å². The highest BCUT2D eigenvalue weighted by Gasteiger charge is 2.44. The van der Waals surface area contributed by atoms with Gasteiger partial charge in [-0.3, -0.25) is 4.90 Å². The molecule has 2 heterocycles. The van der Waals surface area contributed by atoms with Gasteiger partial charge in [0.25, 0.3) is 0 Å². The largest absolute Gasteiger partial charge is 0.493 e. The van der Waals surface area contributed by atoms with Gasteiger partial charge >= 0.3 is 12.1 Å². The van der Waals surface area contributed by atoms with Crippen molar-refractivity contribution >= 4 is 17.8 Å². The number of hydrogen-bond acceptors (Lipinski definition) is 5. The topological polar surface area (TPSA) is 80.3 Å². The molecule has 36 heavy (non-hydrogen) atoms. The van der Waals surface area contributed by atoms with E-state index >= 15 is 0 Å². The monoisotopic (exact) mass is 493 g/mol. The van der Waals surface area contributed by atoms with Gasteiger partial charge in [0.1, 0.15) is 6.10 Å². The first-order valence-electron chi connectivity index (χ1n) is 13.0. The van der Waals surface area contributed by atoms with Crippen LogP contribution in [-0.2, 0) is 4.74 Å². The fourth-order valence-electron chi connectivity index (χ4n) is 5.63. The first kappa shape index (κ1) is 24.3. The molecule has 3 aliphatic rings. The van der Waals surface area contributed by atoms with E-state index in [-0.39, 0.29) is 36.4 Å². The highest BCUT2D eigenvalue weighted by atomic mass is 16.6. The molecule has 0 unspecified atom stereocenters. The number of rotatable bonds is 6. The molecule has 0 spiro atoms. The maximum atomic E-state index is 13.0.